The summed E-state index contributed by atoms with van der Waals surface area (Å²) in [5.74, 6) is -0.581. The Bertz CT molecular complexity index is 690. The predicted molar refractivity (Wildman–Crippen MR) is 81.0 cm³/mol. The number of hydrogen-bond donors (Lipinski definition) is 1. The first-order valence-corrected chi connectivity index (χ1v) is 8.03. The molecule has 4 nitrogen and oxygen atoms in total. The molecule has 6 heteroatoms. The van der Waals surface area contributed by atoms with Crippen molar-refractivity contribution < 1.29 is 12.8 Å². The molecule has 0 heterocycles. The average molecular weight is 308 g/mol. The maximum absolute atomic E-state index is 13.3. The Labute approximate surface area is 124 Å². The minimum absolute atomic E-state index is 0.0663. The predicted octanol–water partition coefficient (Wildman–Crippen LogP) is 2.37. The first-order valence-electron chi connectivity index (χ1n) is 6.59. The molecule has 2 rings (SSSR count). The minimum atomic E-state index is -3.81. The number of hydrogen-bond acceptors (Lipinski definition) is 3. The molecule has 2 aromatic rings. The molecule has 0 saturated carbocycles. The quantitative estimate of drug-likeness (QED) is 0.891. The highest BCUT2D eigenvalue weighted by atomic mass is 32.2. The van der Waals surface area contributed by atoms with Gasteiger partial charge in [-0.1, -0.05) is 24.3 Å². The number of benzene rings is 2. The van der Waals surface area contributed by atoms with Gasteiger partial charge in [-0.05, 0) is 43.3 Å². The summed E-state index contributed by atoms with van der Waals surface area (Å²) in [6.07, 6.45) is 0.517. The molecule has 0 fully saturated rings. The molecular formula is C15H17FN2O2S. The Morgan fingerprint density at radius 3 is 2.38 bits per heavy atom. The number of rotatable bonds is 6. The van der Waals surface area contributed by atoms with Crippen molar-refractivity contribution in [1.82, 2.24) is 0 Å². The Hall–Kier alpha value is -1.92. The Morgan fingerprint density at radius 2 is 1.76 bits per heavy atom. The molecule has 0 aliphatic carbocycles. The average Bonchev–Trinajstić information content (AvgIpc) is 2.48. The van der Waals surface area contributed by atoms with Crippen molar-refractivity contribution >= 4 is 15.7 Å². The fourth-order valence-corrected chi connectivity index (χ4v) is 3.51. The monoisotopic (exact) mass is 308 g/mol. The van der Waals surface area contributed by atoms with Gasteiger partial charge in [-0.25, -0.2) is 12.8 Å². The fraction of sp³-hybridized carbons (Fsp3) is 0.200. The Kier molecular flexibility index (Phi) is 4.93. The molecule has 21 heavy (non-hydrogen) atoms. The molecule has 0 saturated heterocycles. The minimum Gasteiger partial charge on any atom is -0.330 e. The molecule has 0 aromatic heterocycles. The zero-order valence-corrected chi connectivity index (χ0v) is 12.3. The lowest BCUT2D eigenvalue weighted by Gasteiger charge is -2.24. The lowest BCUT2D eigenvalue weighted by molar-refractivity contribution is 0.585. The van der Waals surface area contributed by atoms with Gasteiger partial charge in [-0.15, -0.1) is 0 Å². The van der Waals surface area contributed by atoms with E-state index in [2.05, 4.69) is 0 Å². The van der Waals surface area contributed by atoms with Crippen LogP contribution in [-0.4, -0.2) is 21.5 Å². The summed E-state index contributed by atoms with van der Waals surface area (Å²) in [6.45, 7) is 0.626. The highest BCUT2D eigenvalue weighted by molar-refractivity contribution is 7.92. The Morgan fingerprint density at radius 1 is 1.05 bits per heavy atom. The topological polar surface area (TPSA) is 63.4 Å². The van der Waals surface area contributed by atoms with Gasteiger partial charge >= 0.3 is 0 Å². The molecule has 0 bridgehead atoms. The van der Waals surface area contributed by atoms with E-state index >= 15 is 0 Å². The van der Waals surface area contributed by atoms with Crippen LogP contribution < -0.4 is 10.0 Å². The van der Waals surface area contributed by atoms with E-state index in [0.29, 0.717) is 18.7 Å². The summed E-state index contributed by atoms with van der Waals surface area (Å²) in [5.41, 5.74) is 6.02. The van der Waals surface area contributed by atoms with Gasteiger partial charge < -0.3 is 5.73 Å². The van der Waals surface area contributed by atoms with Crippen LogP contribution in [0.1, 0.15) is 6.42 Å². The normalized spacial score (nSPS) is 11.3. The standard InChI is InChI=1S/C15H17FN2O2S/c16-13-6-4-9-15(12-13)21(19,20)18(11-5-10-17)14-7-2-1-3-8-14/h1-4,6-9,12H,5,10-11,17H2. The van der Waals surface area contributed by atoms with Crippen molar-refractivity contribution in [2.75, 3.05) is 17.4 Å². The van der Waals surface area contributed by atoms with Crippen LogP contribution in [0, 0.1) is 5.82 Å². The molecule has 0 unspecified atom stereocenters. The summed E-state index contributed by atoms with van der Waals surface area (Å²) in [6, 6.07) is 13.7. The lowest BCUT2D eigenvalue weighted by atomic mass is 10.3. The molecule has 0 radical (unpaired) electrons. The molecular weight excluding hydrogens is 291 g/mol. The molecule has 0 amide bonds. The zero-order chi connectivity index (χ0) is 15.3. The molecule has 0 aliphatic rings. The van der Waals surface area contributed by atoms with Crippen LogP contribution in [0.2, 0.25) is 0 Å². The maximum Gasteiger partial charge on any atom is 0.264 e. The van der Waals surface area contributed by atoms with E-state index in [9.17, 15) is 12.8 Å². The molecule has 0 aliphatic heterocycles. The van der Waals surface area contributed by atoms with Crippen molar-refractivity contribution in [2.45, 2.75) is 11.3 Å². The maximum atomic E-state index is 13.3. The summed E-state index contributed by atoms with van der Waals surface area (Å²) in [7, 11) is -3.81. The van der Waals surface area contributed by atoms with E-state index < -0.39 is 15.8 Å². The van der Waals surface area contributed by atoms with Crippen LogP contribution in [0.5, 0.6) is 0 Å². The summed E-state index contributed by atoms with van der Waals surface area (Å²) in [4.78, 5) is -0.0663. The van der Waals surface area contributed by atoms with Gasteiger partial charge in [0.1, 0.15) is 5.82 Å². The van der Waals surface area contributed by atoms with Gasteiger partial charge in [-0.3, -0.25) is 4.31 Å². The van der Waals surface area contributed by atoms with E-state index in [-0.39, 0.29) is 11.4 Å². The number of anilines is 1. The summed E-state index contributed by atoms with van der Waals surface area (Å²) < 4.78 is 40.0. The van der Waals surface area contributed by atoms with Crippen molar-refractivity contribution in [3.63, 3.8) is 0 Å². The summed E-state index contributed by atoms with van der Waals surface area (Å²) in [5, 5.41) is 0. The van der Waals surface area contributed by atoms with Gasteiger partial charge in [-0.2, -0.15) is 0 Å². The van der Waals surface area contributed by atoms with Gasteiger partial charge in [0.05, 0.1) is 10.6 Å². The van der Waals surface area contributed by atoms with Gasteiger partial charge in [0, 0.05) is 6.54 Å². The first-order chi connectivity index (χ1) is 10.1. The summed E-state index contributed by atoms with van der Waals surface area (Å²) >= 11 is 0. The van der Waals surface area contributed by atoms with Crippen molar-refractivity contribution in [2.24, 2.45) is 5.73 Å². The third-order valence-electron chi connectivity index (χ3n) is 2.99. The largest absolute Gasteiger partial charge is 0.330 e. The van der Waals surface area contributed by atoms with Crippen LogP contribution in [0.4, 0.5) is 10.1 Å². The van der Waals surface area contributed by atoms with Crippen LogP contribution in [0.15, 0.2) is 59.5 Å². The van der Waals surface area contributed by atoms with Crippen LogP contribution in [0.25, 0.3) is 0 Å². The molecule has 0 spiro atoms. The molecule has 2 aromatic carbocycles. The second-order valence-electron chi connectivity index (χ2n) is 4.51. The first kappa shape index (κ1) is 15.5. The third kappa shape index (κ3) is 3.59. The van der Waals surface area contributed by atoms with E-state index in [1.807, 2.05) is 0 Å². The van der Waals surface area contributed by atoms with Gasteiger partial charge in [0.2, 0.25) is 0 Å². The van der Waals surface area contributed by atoms with E-state index in [1.54, 1.807) is 30.3 Å². The van der Waals surface area contributed by atoms with Crippen molar-refractivity contribution in [3.8, 4) is 0 Å². The second kappa shape index (κ2) is 6.69. The number of nitrogens with two attached hydrogens (primary N) is 1. The van der Waals surface area contributed by atoms with Crippen molar-refractivity contribution in [1.29, 1.82) is 0 Å². The fourth-order valence-electron chi connectivity index (χ4n) is 1.97. The highest BCUT2D eigenvalue weighted by Gasteiger charge is 2.24. The number of nitrogens with zero attached hydrogens (tertiary/aromatic N) is 1. The molecule has 0 atom stereocenters. The van der Waals surface area contributed by atoms with Crippen molar-refractivity contribution in [3.05, 3.63) is 60.4 Å². The number of sulfonamides is 1. The SMILES string of the molecule is NCCCN(c1ccccc1)S(=O)(=O)c1cccc(F)c1. The lowest BCUT2D eigenvalue weighted by Crippen LogP contribution is -2.33. The number of para-hydroxylation sites is 1. The molecule has 112 valence electrons. The van der Waals surface area contributed by atoms with Crippen LogP contribution >= 0.6 is 0 Å². The van der Waals surface area contributed by atoms with Crippen LogP contribution in [0.3, 0.4) is 0 Å². The second-order valence-corrected chi connectivity index (χ2v) is 6.37. The Balaban J connectivity index is 2.44. The van der Waals surface area contributed by atoms with E-state index in [0.717, 1.165) is 6.07 Å². The smallest absolute Gasteiger partial charge is 0.264 e. The zero-order valence-electron chi connectivity index (χ0n) is 11.4. The van der Waals surface area contributed by atoms with E-state index in [1.165, 1.54) is 22.5 Å². The van der Waals surface area contributed by atoms with Gasteiger partial charge in [0.25, 0.3) is 10.0 Å². The van der Waals surface area contributed by atoms with Crippen LogP contribution in [-0.2, 0) is 10.0 Å². The van der Waals surface area contributed by atoms with E-state index in [4.69, 9.17) is 5.73 Å². The molecule has 2 N–H and O–H groups in total. The van der Waals surface area contributed by atoms with Gasteiger partial charge in [0.15, 0.2) is 0 Å². The highest BCUT2D eigenvalue weighted by Crippen LogP contribution is 2.24. The third-order valence-corrected chi connectivity index (χ3v) is 4.82. The number of halogens is 1.